The van der Waals surface area contributed by atoms with Gasteiger partial charge in [0.15, 0.2) is 0 Å². The van der Waals surface area contributed by atoms with E-state index in [4.69, 9.17) is 0 Å². The summed E-state index contributed by atoms with van der Waals surface area (Å²) >= 11 is 0. The number of amides is 1. The second-order valence-corrected chi connectivity index (χ2v) is 7.44. The Balaban J connectivity index is 2.16. The first kappa shape index (κ1) is 22.1. The monoisotopic (exact) mass is 397 g/mol. The van der Waals surface area contributed by atoms with Gasteiger partial charge in [0.1, 0.15) is 5.54 Å². The molecule has 1 amide bonds. The maximum Gasteiger partial charge on any atom is 0.329 e. The number of carbonyl (C=O) groups is 3. The second kappa shape index (κ2) is 9.87. The number of benzene rings is 2. The van der Waals surface area contributed by atoms with E-state index in [1.54, 1.807) is 0 Å². The molecule has 0 saturated carbocycles. The summed E-state index contributed by atoms with van der Waals surface area (Å²) in [5.74, 6) is -3.64. The molecule has 6 nitrogen and oxygen atoms in total. The van der Waals surface area contributed by atoms with Crippen LogP contribution in [0.2, 0.25) is 0 Å². The molecule has 0 aliphatic heterocycles. The largest absolute Gasteiger partial charge is 0.481 e. The molecule has 3 N–H and O–H groups in total. The van der Waals surface area contributed by atoms with Crippen molar-refractivity contribution in [1.82, 2.24) is 5.32 Å². The van der Waals surface area contributed by atoms with Crippen molar-refractivity contribution in [2.24, 2.45) is 5.92 Å². The summed E-state index contributed by atoms with van der Waals surface area (Å²) in [7, 11) is 0. The Kier molecular flexibility index (Phi) is 7.53. The van der Waals surface area contributed by atoms with E-state index in [0.29, 0.717) is 6.42 Å². The molecule has 0 aromatic heterocycles. The maximum atomic E-state index is 12.7. The average molecular weight is 397 g/mol. The molecule has 2 aromatic rings. The van der Waals surface area contributed by atoms with Gasteiger partial charge in [-0.15, -0.1) is 0 Å². The molecule has 2 rings (SSSR count). The minimum atomic E-state index is -1.42. The molecule has 0 bridgehead atoms. The van der Waals surface area contributed by atoms with Gasteiger partial charge in [-0.05, 0) is 36.5 Å². The second-order valence-electron chi connectivity index (χ2n) is 7.44. The molecule has 0 spiro atoms. The Morgan fingerprint density at radius 2 is 1.55 bits per heavy atom. The minimum Gasteiger partial charge on any atom is -0.481 e. The molecule has 6 heteroatoms. The van der Waals surface area contributed by atoms with E-state index in [0.717, 1.165) is 16.7 Å². The van der Waals surface area contributed by atoms with Gasteiger partial charge in [-0.3, -0.25) is 9.59 Å². The van der Waals surface area contributed by atoms with E-state index >= 15 is 0 Å². The van der Waals surface area contributed by atoms with Crippen LogP contribution in [0, 0.1) is 5.92 Å². The van der Waals surface area contributed by atoms with Crippen LogP contribution in [-0.4, -0.2) is 33.6 Å². The zero-order chi connectivity index (χ0) is 21.4. The van der Waals surface area contributed by atoms with Crippen LogP contribution in [0.15, 0.2) is 54.6 Å². The van der Waals surface area contributed by atoms with Gasteiger partial charge in [-0.1, -0.05) is 67.9 Å². The molecule has 0 heterocycles. The van der Waals surface area contributed by atoms with Crippen LogP contribution in [0.4, 0.5) is 0 Å². The van der Waals surface area contributed by atoms with E-state index in [1.807, 2.05) is 61.5 Å². The SMILES string of the molecule is CCCC(C)(NC(=O)C(CC(=O)O)Cc1ccc(-c2ccccc2)cc1)C(=O)O. The number of carbonyl (C=O) groups excluding carboxylic acids is 1. The third kappa shape index (κ3) is 6.17. The van der Waals surface area contributed by atoms with E-state index < -0.39 is 29.3 Å². The number of carboxylic acids is 2. The minimum absolute atomic E-state index is 0.217. The molecule has 0 radical (unpaired) electrons. The summed E-state index contributed by atoms with van der Waals surface area (Å²) in [5, 5.41) is 21.2. The summed E-state index contributed by atoms with van der Waals surface area (Å²) in [6.45, 7) is 3.28. The molecule has 29 heavy (non-hydrogen) atoms. The number of carboxylic acid groups (broad SMARTS) is 2. The fourth-order valence-corrected chi connectivity index (χ4v) is 3.31. The molecule has 154 valence electrons. The Labute approximate surface area is 170 Å². The third-order valence-electron chi connectivity index (χ3n) is 4.96. The Morgan fingerprint density at radius 3 is 2.07 bits per heavy atom. The molecule has 0 saturated heterocycles. The first-order chi connectivity index (χ1) is 13.7. The number of hydrogen-bond donors (Lipinski definition) is 3. The summed E-state index contributed by atoms with van der Waals surface area (Å²) in [6, 6.07) is 17.4. The van der Waals surface area contributed by atoms with Gasteiger partial charge in [0.05, 0.1) is 12.3 Å². The molecular weight excluding hydrogens is 370 g/mol. The summed E-state index contributed by atoms with van der Waals surface area (Å²) < 4.78 is 0. The van der Waals surface area contributed by atoms with Crippen LogP contribution in [0.25, 0.3) is 11.1 Å². The van der Waals surface area contributed by atoms with Crippen molar-refractivity contribution in [3.63, 3.8) is 0 Å². The highest BCUT2D eigenvalue weighted by Crippen LogP contribution is 2.22. The van der Waals surface area contributed by atoms with Crippen LogP contribution in [0.1, 0.15) is 38.7 Å². The zero-order valence-corrected chi connectivity index (χ0v) is 16.7. The number of aliphatic carboxylic acids is 2. The molecule has 2 unspecified atom stereocenters. The lowest BCUT2D eigenvalue weighted by atomic mass is 9.91. The molecule has 0 aliphatic rings. The van der Waals surface area contributed by atoms with E-state index in [9.17, 15) is 24.6 Å². The number of rotatable bonds is 10. The van der Waals surface area contributed by atoms with Gasteiger partial charge in [0.2, 0.25) is 5.91 Å². The van der Waals surface area contributed by atoms with E-state index in [-0.39, 0.29) is 19.3 Å². The predicted molar refractivity (Wildman–Crippen MR) is 110 cm³/mol. The van der Waals surface area contributed by atoms with Crippen LogP contribution in [0.5, 0.6) is 0 Å². The predicted octanol–water partition coefficient (Wildman–Crippen LogP) is 3.75. The normalized spacial score (nSPS) is 13.9. The Morgan fingerprint density at radius 1 is 0.966 bits per heavy atom. The van der Waals surface area contributed by atoms with Gasteiger partial charge in [-0.25, -0.2) is 4.79 Å². The van der Waals surface area contributed by atoms with Crippen LogP contribution < -0.4 is 5.32 Å². The van der Waals surface area contributed by atoms with Crippen LogP contribution in [-0.2, 0) is 20.8 Å². The Hall–Kier alpha value is -3.15. The quantitative estimate of drug-likeness (QED) is 0.566. The van der Waals surface area contributed by atoms with Gasteiger partial charge in [-0.2, -0.15) is 0 Å². The highest BCUT2D eigenvalue weighted by Gasteiger charge is 2.36. The summed E-state index contributed by atoms with van der Waals surface area (Å²) in [4.78, 5) is 35.6. The van der Waals surface area contributed by atoms with Gasteiger partial charge in [0, 0.05) is 0 Å². The lowest BCUT2D eigenvalue weighted by molar-refractivity contribution is -0.148. The maximum absolute atomic E-state index is 12.7. The van der Waals surface area contributed by atoms with Crippen molar-refractivity contribution >= 4 is 17.8 Å². The third-order valence-corrected chi connectivity index (χ3v) is 4.96. The van der Waals surface area contributed by atoms with Crippen LogP contribution in [0.3, 0.4) is 0 Å². The highest BCUT2D eigenvalue weighted by atomic mass is 16.4. The van der Waals surface area contributed by atoms with Crippen molar-refractivity contribution in [3.8, 4) is 11.1 Å². The lowest BCUT2D eigenvalue weighted by Gasteiger charge is -2.28. The summed E-state index contributed by atoms with van der Waals surface area (Å²) in [5.41, 5.74) is 1.49. The number of nitrogens with one attached hydrogen (secondary N) is 1. The molecule has 2 atom stereocenters. The fraction of sp³-hybridized carbons (Fsp3) is 0.348. The van der Waals surface area contributed by atoms with Gasteiger partial charge < -0.3 is 15.5 Å². The van der Waals surface area contributed by atoms with Crippen molar-refractivity contribution in [2.45, 2.75) is 45.1 Å². The van der Waals surface area contributed by atoms with Crippen molar-refractivity contribution < 1.29 is 24.6 Å². The topological polar surface area (TPSA) is 104 Å². The molecule has 0 fully saturated rings. The molecular formula is C23H27NO5. The van der Waals surface area contributed by atoms with Gasteiger partial charge >= 0.3 is 11.9 Å². The fourth-order valence-electron chi connectivity index (χ4n) is 3.31. The Bertz CT molecular complexity index is 847. The van der Waals surface area contributed by atoms with Crippen molar-refractivity contribution in [3.05, 3.63) is 60.2 Å². The van der Waals surface area contributed by atoms with Crippen molar-refractivity contribution in [1.29, 1.82) is 0 Å². The van der Waals surface area contributed by atoms with E-state index in [1.165, 1.54) is 6.92 Å². The summed E-state index contributed by atoms with van der Waals surface area (Å²) in [6.07, 6.45) is 0.691. The first-order valence-electron chi connectivity index (χ1n) is 9.66. The molecule has 2 aromatic carbocycles. The molecule has 0 aliphatic carbocycles. The first-order valence-corrected chi connectivity index (χ1v) is 9.66. The smallest absolute Gasteiger partial charge is 0.329 e. The number of hydrogen-bond acceptors (Lipinski definition) is 3. The average Bonchev–Trinajstić information content (AvgIpc) is 2.68. The van der Waals surface area contributed by atoms with Crippen LogP contribution >= 0.6 is 0 Å². The zero-order valence-electron chi connectivity index (χ0n) is 16.7. The van der Waals surface area contributed by atoms with E-state index in [2.05, 4.69) is 5.32 Å². The standard InChI is InChI=1S/C23H27NO5/c1-3-13-23(2,22(28)29)24-21(27)19(15-20(25)26)14-16-9-11-18(12-10-16)17-7-5-4-6-8-17/h4-12,19H,3,13-15H2,1-2H3,(H,24,27)(H,25,26)(H,28,29). The highest BCUT2D eigenvalue weighted by molar-refractivity contribution is 5.89. The lowest BCUT2D eigenvalue weighted by Crippen LogP contribution is -2.54. The van der Waals surface area contributed by atoms with Crippen molar-refractivity contribution in [2.75, 3.05) is 0 Å². The van der Waals surface area contributed by atoms with Gasteiger partial charge in [0.25, 0.3) is 0 Å².